The van der Waals surface area contributed by atoms with Gasteiger partial charge in [0.15, 0.2) is 18.5 Å². The van der Waals surface area contributed by atoms with Crippen LogP contribution in [0.4, 0.5) is 0 Å². The van der Waals surface area contributed by atoms with Gasteiger partial charge in [-0.25, -0.2) is 4.79 Å². The zero-order valence-corrected chi connectivity index (χ0v) is 31.9. The summed E-state index contributed by atoms with van der Waals surface area (Å²) in [5.74, 6) is -2.45. The SMILES string of the molecule is CCCCCCCC/C=C\CCCCCCCC(=O)OCC(COC1OC(C(=O)O)C(O)C(O)C1O)OC(=O)CCCCCCCCCCCC. The number of allylic oxidation sites excluding steroid dienone is 2. The minimum absolute atomic E-state index is 0.185. The predicted octanol–water partition coefficient (Wildman–Crippen LogP) is 7.70. The van der Waals surface area contributed by atoms with Crippen LogP contribution in [0.15, 0.2) is 12.2 Å². The fraction of sp³-hybridized carbons (Fsp3) is 0.875. The number of hydrogen-bond acceptors (Lipinski definition) is 10. The molecule has 11 heteroatoms. The molecule has 0 spiro atoms. The highest BCUT2D eigenvalue weighted by Crippen LogP contribution is 2.23. The highest BCUT2D eigenvalue weighted by atomic mass is 16.7. The average molecular weight is 729 g/mol. The molecule has 6 unspecified atom stereocenters. The van der Waals surface area contributed by atoms with Gasteiger partial charge >= 0.3 is 17.9 Å². The van der Waals surface area contributed by atoms with E-state index < -0.39 is 54.7 Å². The minimum Gasteiger partial charge on any atom is -0.479 e. The van der Waals surface area contributed by atoms with Crippen LogP contribution < -0.4 is 0 Å². The Morgan fingerprint density at radius 2 is 1.04 bits per heavy atom. The first-order valence-corrected chi connectivity index (χ1v) is 20.2. The minimum atomic E-state index is -1.86. The number of rotatable bonds is 33. The van der Waals surface area contributed by atoms with Crippen LogP contribution in [-0.2, 0) is 33.3 Å². The van der Waals surface area contributed by atoms with Crippen molar-refractivity contribution in [3.63, 3.8) is 0 Å². The van der Waals surface area contributed by atoms with Crippen LogP contribution in [0, 0.1) is 0 Å². The van der Waals surface area contributed by atoms with Gasteiger partial charge < -0.3 is 39.4 Å². The Labute approximate surface area is 307 Å². The molecular formula is C40H72O11. The largest absolute Gasteiger partial charge is 0.479 e. The van der Waals surface area contributed by atoms with Gasteiger partial charge in [0.2, 0.25) is 0 Å². The number of unbranched alkanes of at least 4 members (excludes halogenated alkanes) is 20. The maximum absolute atomic E-state index is 12.7. The van der Waals surface area contributed by atoms with Gasteiger partial charge in [-0.1, -0.05) is 135 Å². The number of aliphatic carboxylic acids is 1. The summed E-state index contributed by atoms with van der Waals surface area (Å²) in [7, 11) is 0. The Morgan fingerprint density at radius 3 is 1.53 bits per heavy atom. The molecule has 4 N–H and O–H groups in total. The monoisotopic (exact) mass is 729 g/mol. The Bertz CT molecular complexity index is 911. The standard InChI is InChI=1S/C40H72O11/c1-3-5-7-9-11-13-15-16-17-18-19-21-22-24-26-28-33(41)48-30-32(31-49-40-37(45)35(43)36(44)38(51-40)39(46)47)50-34(42)29-27-25-23-20-14-12-10-8-6-4-2/h16-17,32,35-38,40,43-45H,3-15,18-31H2,1-2H3,(H,46,47)/b17-16-. The van der Waals surface area contributed by atoms with Gasteiger partial charge in [0.1, 0.15) is 24.9 Å². The van der Waals surface area contributed by atoms with E-state index in [1.165, 1.54) is 77.0 Å². The van der Waals surface area contributed by atoms with Gasteiger partial charge in [-0.2, -0.15) is 0 Å². The zero-order valence-electron chi connectivity index (χ0n) is 31.9. The molecule has 0 saturated carbocycles. The summed E-state index contributed by atoms with van der Waals surface area (Å²) in [6.07, 6.45) is 21.3. The second kappa shape index (κ2) is 31.5. The third-order valence-electron chi connectivity index (χ3n) is 9.36. The van der Waals surface area contributed by atoms with Crippen molar-refractivity contribution in [1.82, 2.24) is 0 Å². The Morgan fingerprint density at radius 1 is 0.588 bits per heavy atom. The van der Waals surface area contributed by atoms with E-state index in [0.717, 1.165) is 57.8 Å². The molecule has 1 aliphatic rings. The van der Waals surface area contributed by atoms with Crippen LogP contribution in [-0.4, -0.2) is 88.4 Å². The number of ether oxygens (including phenoxy) is 4. The maximum Gasteiger partial charge on any atom is 0.335 e. The zero-order chi connectivity index (χ0) is 37.5. The average Bonchev–Trinajstić information content (AvgIpc) is 3.11. The van der Waals surface area contributed by atoms with E-state index in [1.807, 2.05) is 0 Å². The molecule has 1 fully saturated rings. The van der Waals surface area contributed by atoms with E-state index in [0.29, 0.717) is 12.8 Å². The highest BCUT2D eigenvalue weighted by molar-refractivity contribution is 5.73. The molecule has 0 aromatic rings. The molecular weight excluding hydrogens is 656 g/mol. The van der Waals surface area contributed by atoms with Crippen molar-refractivity contribution in [2.45, 2.75) is 211 Å². The lowest BCUT2D eigenvalue weighted by atomic mass is 9.99. The van der Waals surface area contributed by atoms with Crippen molar-refractivity contribution in [3.8, 4) is 0 Å². The van der Waals surface area contributed by atoms with E-state index in [1.54, 1.807) is 0 Å². The third kappa shape index (κ3) is 24.0. The smallest absolute Gasteiger partial charge is 0.335 e. The lowest BCUT2D eigenvalue weighted by Gasteiger charge is -2.38. The van der Waals surface area contributed by atoms with Gasteiger partial charge in [0.05, 0.1) is 6.61 Å². The number of aliphatic hydroxyl groups is 3. The molecule has 0 aromatic heterocycles. The van der Waals surface area contributed by atoms with Crippen LogP contribution in [0.5, 0.6) is 0 Å². The first-order valence-electron chi connectivity index (χ1n) is 20.2. The normalized spacial score (nSPS) is 21.2. The summed E-state index contributed by atoms with van der Waals surface area (Å²) < 4.78 is 21.6. The number of hydrogen-bond donors (Lipinski definition) is 4. The molecule has 6 atom stereocenters. The lowest BCUT2D eigenvalue weighted by molar-refractivity contribution is -0.298. The molecule has 1 saturated heterocycles. The van der Waals surface area contributed by atoms with Crippen molar-refractivity contribution in [1.29, 1.82) is 0 Å². The molecule has 1 aliphatic heterocycles. The third-order valence-corrected chi connectivity index (χ3v) is 9.36. The van der Waals surface area contributed by atoms with Gasteiger partial charge in [-0.05, 0) is 38.5 Å². The molecule has 0 aliphatic carbocycles. The second-order valence-corrected chi connectivity index (χ2v) is 14.1. The van der Waals surface area contributed by atoms with Crippen LogP contribution in [0.2, 0.25) is 0 Å². The van der Waals surface area contributed by atoms with E-state index in [4.69, 9.17) is 18.9 Å². The summed E-state index contributed by atoms with van der Waals surface area (Å²) in [5, 5.41) is 39.6. The number of aliphatic hydroxyl groups excluding tert-OH is 3. The summed E-state index contributed by atoms with van der Waals surface area (Å²) in [6.45, 7) is 3.77. The molecule has 51 heavy (non-hydrogen) atoms. The Kier molecular flexibility index (Phi) is 29.0. The van der Waals surface area contributed by atoms with Crippen LogP contribution in [0.25, 0.3) is 0 Å². The molecule has 0 amide bonds. The first-order chi connectivity index (χ1) is 24.7. The van der Waals surface area contributed by atoms with Crippen molar-refractivity contribution < 1.29 is 53.8 Å². The first kappa shape index (κ1) is 47.0. The maximum atomic E-state index is 12.7. The van der Waals surface area contributed by atoms with E-state index in [9.17, 15) is 34.8 Å². The van der Waals surface area contributed by atoms with Crippen molar-refractivity contribution >= 4 is 17.9 Å². The van der Waals surface area contributed by atoms with Crippen LogP contribution >= 0.6 is 0 Å². The van der Waals surface area contributed by atoms with Gasteiger partial charge in [0.25, 0.3) is 0 Å². The van der Waals surface area contributed by atoms with Crippen molar-refractivity contribution in [3.05, 3.63) is 12.2 Å². The molecule has 0 aromatic carbocycles. The van der Waals surface area contributed by atoms with E-state index >= 15 is 0 Å². The van der Waals surface area contributed by atoms with Gasteiger partial charge in [-0.15, -0.1) is 0 Å². The molecule has 1 rings (SSSR count). The summed E-state index contributed by atoms with van der Waals surface area (Å²) in [6, 6.07) is 0. The number of carbonyl (C=O) groups is 3. The molecule has 1 heterocycles. The number of carboxylic acid groups (broad SMARTS) is 1. The van der Waals surface area contributed by atoms with Crippen molar-refractivity contribution in [2.75, 3.05) is 13.2 Å². The quantitative estimate of drug-likeness (QED) is 0.0297. The lowest BCUT2D eigenvalue weighted by Crippen LogP contribution is -2.60. The van der Waals surface area contributed by atoms with E-state index in [-0.39, 0.29) is 26.1 Å². The predicted molar refractivity (Wildman–Crippen MR) is 197 cm³/mol. The summed E-state index contributed by atoms with van der Waals surface area (Å²) in [5.41, 5.74) is 0. The molecule has 298 valence electrons. The van der Waals surface area contributed by atoms with Crippen LogP contribution in [0.3, 0.4) is 0 Å². The van der Waals surface area contributed by atoms with Crippen molar-refractivity contribution in [2.24, 2.45) is 0 Å². The fourth-order valence-corrected chi connectivity index (χ4v) is 6.11. The van der Waals surface area contributed by atoms with Crippen LogP contribution in [0.1, 0.15) is 174 Å². The highest BCUT2D eigenvalue weighted by Gasteiger charge is 2.47. The summed E-state index contributed by atoms with van der Waals surface area (Å²) >= 11 is 0. The number of esters is 2. The molecule has 11 nitrogen and oxygen atoms in total. The Balaban J connectivity index is 2.41. The Hall–Kier alpha value is -2.05. The van der Waals surface area contributed by atoms with E-state index in [2.05, 4.69) is 26.0 Å². The van der Waals surface area contributed by atoms with Gasteiger partial charge in [0, 0.05) is 12.8 Å². The fourth-order valence-electron chi connectivity index (χ4n) is 6.11. The topological polar surface area (TPSA) is 169 Å². The second-order valence-electron chi connectivity index (χ2n) is 14.1. The summed E-state index contributed by atoms with van der Waals surface area (Å²) in [4.78, 5) is 36.6. The number of carbonyl (C=O) groups excluding carboxylic acids is 2. The molecule has 0 bridgehead atoms. The number of carboxylic acids is 1. The molecule has 0 radical (unpaired) electrons. The van der Waals surface area contributed by atoms with Gasteiger partial charge in [-0.3, -0.25) is 9.59 Å².